The van der Waals surface area contributed by atoms with Crippen LogP contribution in [-0.2, 0) is 17.3 Å². The van der Waals surface area contributed by atoms with Gasteiger partial charge in [0, 0.05) is 19.2 Å². The summed E-state index contributed by atoms with van der Waals surface area (Å²) in [6, 6.07) is 5.33. The number of alkyl halides is 3. The van der Waals surface area contributed by atoms with Crippen molar-refractivity contribution in [1.29, 1.82) is 0 Å². The van der Waals surface area contributed by atoms with Crippen LogP contribution >= 0.6 is 11.3 Å². The van der Waals surface area contributed by atoms with Crippen LogP contribution < -0.4 is 5.32 Å². The molecule has 0 spiro atoms. The molecule has 0 bridgehead atoms. The zero-order chi connectivity index (χ0) is 21.3. The number of carbonyl (C=O) groups is 1. The number of fused-ring (bicyclic) bond motifs is 1. The van der Waals surface area contributed by atoms with Crippen LogP contribution in [0.1, 0.15) is 33.7 Å². The maximum atomic E-state index is 12.7. The number of aromatic nitrogens is 2. The van der Waals surface area contributed by atoms with Crippen LogP contribution in [0.15, 0.2) is 35.8 Å². The number of halogens is 3. The molecule has 4 heterocycles. The molecule has 158 valence electrons. The second-order valence-corrected chi connectivity index (χ2v) is 7.95. The number of thiophene rings is 1. The van der Waals surface area contributed by atoms with E-state index in [2.05, 4.69) is 15.3 Å². The van der Waals surface area contributed by atoms with Crippen LogP contribution in [0.2, 0.25) is 0 Å². The Kier molecular flexibility index (Phi) is 5.72. The van der Waals surface area contributed by atoms with Crippen molar-refractivity contribution in [2.75, 3.05) is 13.2 Å². The number of hydrogen-bond acceptors (Lipinski definition) is 6. The first kappa shape index (κ1) is 20.7. The lowest BCUT2D eigenvalue weighted by Gasteiger charge is -2.28. The average Bonchev–Trinajstić information content (AvgIpc) is 3.18. The highest BCUT2D eigenvalue weighted by atomic mass is 32.1. The number of ether oxygens (including phenoxy) is 1. The highest BCUT2D eigenvalue weighted by molar-refractivity contribution is 7.17. The lowest BCUT2D eigenvalue weighted by Crippen LogP contribution is -2.48. The van der Waals surface area contributed by atoms with Gasteiger partial charge in [-0.2, -0.15) is 13.2 Å². The Balaban J connectivity index is 1.59. The molecule has 1 fully saturated rings. The largest absolute Gasteiger partial charge is 0.433 e. The average molecular weight is 437 g/mol. The Morgan fingerprint density at radius 2 is 2.17 bits per heavy atom. The first-order chi connectivity index (χ1) is 14.3. The van der Waals surface area contributed by atoms with Gasteiger partial charge in [-0.05, 0) is 41.1 Å². The molecule has 4 rings (SSSR count). The van der Waals surface area contributed by atoms with Crippen molar-refractivity contribution in [2.45, 2.75) is 31.2 Å². The molecule has 2 N–H and O–H groups in total. The number of nitrogens with one attached hydrogen (secondary N) is 1. The number of rotatable bonds is 4. The predicted molar refractivity (Wildman–Crippen MR) is 104 cm³/mol. The summed E-state index contributed by atoms with van der Waals surface area (Å²) in [6.45, 7) is 0.610. The number of amides is 1. The first-order valence-electron chi connectivity index (χ1n) is 9.27. The summed E-state index contributed by atoms with van der Waals surface area (Å²) in [6.07, 6.45) is -3.27. The molecule has 30 heavy (non-hydrogen) atoms. The van der Waals surface area contributed by atoms with Gasteiger partial charge < -0.3 is 15.2 Å². The van der Waals surface area contributed by atoms with Gasteiger partial charge >= 0.3 is 6.18 Å². The predicted octanol–water partition coefficient (Wildman–Crippen LogP) is 3.18. The van der Waals surface area contributed by atoms with Crippen LogP contribution in [0.3, 0.4) is 0 Å². The fourth-order valence-corrected chi connectivity index (χ4v) is 4.17. The Labute approximate surface area is 173 Å². The second-order valence-electron chi connectivity index (χ2n) is 7.04. The summed E-state index contributed by atoms with van der Waals surface area (Å²) >= 11 is 1.45. The quantitative estimate of drug-likeness (QED) is 0.655. The minimum absolute atomic E-state index is 0.161. The van der Waals surface area contributed by atoms with Crippen molar-refractivity contribution >= 4 is 27.5 Å². The number of aliphatic hydroxyl groups excluding tert-OH is 1. The highest BCUT2D eigenvalue weighted by Gasteiger charge is 2.32. The third-order valence-corrected chi connectivity index (χ3v) is 5.85. The van der Waals surface area contributed by atoms with Gasteiger partial charge in [0.2, 0.25) is 0 Å². The molecule has 6 nitrogen and oxygen atoms in total. The van der Waals surface area contributed by atoms with Crippen LogP contribution in [0, 0.1) is 0 Å². The molecule has 0 radical (unpaired) electrons. The third kappa shape index (κ3) is 4.45. The van der Waals surface area contributed by atoms with E-state index in [-0.39, 0.29) is 12.3 Å². The summed E-state index contributed by atoms with van der Waals surface area (Å²) < 4.78 is 44.2. The van der Waals surface area contributed by atoms with E-state index in [1.165, 1.54) is 23.6 Å². The summed E-state index contributed by atoms with van der Waals surface area (Å²) in [5.41, 5.74) is 1.24. The standard InChI is InChI=1S/C20H18F3N3O3S/c21-20(22,23)17-2-1-11(9-24-17)7-12-8-15(25-14-4-6-30-18(12)14)19(28)26-13-3-5-29-10-16(13)27/h1-2,4,6,8-9,13,16,27H,3,5,7,10H2,(H,26,28)/t13-,16-/m1/s1. The molecule has 0 saturated carbocycles. The van der Waals surface area contributed by atoms with E-state index in [0.29, 0.717) is 30.5 Å². The lowest BCUT2D eigenvalue weighted by molar-refractivity contribution is -0.141. The molecule has 3 aromatic rings. The van der Waals surface area contributed by atoms with Crippen LogP contribution in [-0.4, -0.2) is 46.3 Å². The Hall–Kier alpha value is -2.56. The van der Waals surface area contributed by atoms with Crippen molar-refractivity contribution in [3.63, 3.8) is 0 Å². The van der Waals surface area contributed by atoms with Gasteiger partial charge in [-0.3, -0.25) is 9.78 Å². The van der Waals surface area contributed by atoms with E-state index in [9.17, 15) is 23.1 Å². The normalized spacial score (nSPS) is 19.7. The number of nitrogens with zero attached hydrogens (tertiary/aromatic N) is 2. The number of aliphatic hydroxyl groups is 1. The van der Waals surface area contributed by atoms with Gasteiger partial charge in [0.05, 0.1) is 29.0 Å². The Morgan fingerprint density at radius 3 is 2.87 bits per heavy atom. The number of pyridine rings is 2. The molecule has 10 heteroatoms. The van der Waals surface area contributed by atoms with Gasteiger partial charge in [-0.15, -0.1) is 11.3 Å². The minimum atomic E-state index is -4.49. The molecule has 2 atom stereocenters. The lowest BCUT2D eigenvalue weighted by atomic mass is 10.0. The third-order valence-electron chi connectivity index (χ3n) is 4.87. The number of carbonyl (C=O) groups excluding carboxylic acids is 1. The van der Waals surface area contributed by atoms with Crippen molar-refractivity contribution in [1.82, 2.24) is 15.3 Å². The topological polar surface area (TPSA) is 84.3 Å². The SMILES string of the molecule is O=C(N[C@@H]1CCOC[C@H]1O)c1cc(Cc2ccc(C(F)(F)F)nc2)c2sccc2n1. The van der Waals surface area contributed by atoms with Gasteiger partial charge in [0.15, 0.2) is 0 Å². The van der Waals surface area contributed by atoms with E-state index < -0.39 is 29.9 Å². The van der Waals surface area contributed by atoms with Crippen molar-refractivity contribution in [3.05, 3.63) is 58.4 Å². The second kappa shape index (κ2) is 8.29. The van der Waals surface area contributed by atoms with Crippen LogP contribution in [0.4, 0.5) is 13.2 Å². The van der Waals surface area contributed by atoms with Crippen molar-refractivity contribution in [3.8, 4) is 0 Å². The highest BCUT2D eigenvalue weighted by Crippen LogP contribution is 2.29. The summed E-state index contributed by atoms with van der Waals surface area (Å²) in [7, 11) is 0. The van der Waals surface area contributed by atoms with Crippen molar-refractivity contribution < 1.29 is 27.8 Å². The van der Waals surface area contributed by atoms with E-state index in [4.69, 9.17) is 4.74 Å². The number of hydrogen-bond donors (Lipinski definition) is 2. The molecule has 1 aliphatic rings. The fraction of sp³-hybridized carbons (Fsp3) is 0.350. The van der Waals surface area contributed by atoms with Gasteiger partial charge in [-0.1, -0.05) is 6.07 Å². The van der Waals surface area contributed by atoms with E-state index in [1.54, 1.807) is 12.1 Å². The van der Waals surface area contributed by atoms with Gasteiger partial charge in [0.25, 0.3) is 5.91 Å². The zero-order valence-electron chi connectivity index (χ0n) is 15.6. The molecule has 1 amide bonds. The monoisotopic (exact) mass is 437 g/mol. The molecule has 0 aromatic carbocycles. The summed E-state index contributed by atoms with van der Waals surface area (Å²) in [4.78, 5) is 20.6. The van der Waals surface area contributed by atoms with E-state index in [0.717, 1.165) is 16.3 Å². The molecule has 1 saturated heterocycles. The molecular formula is C20H18F3N3O3S. The van der Waals surface area contributed by atoms with Crippen LogP contribution in [0.25, 0.3) is 10.2 Å². The van der Waals surface area contributed by atoms with Gasteiger partial charge in [0.1, 0.15) is 11.4 Å². The maximum absolute atomic E-state index is 12.7. The minimum Gasteiger partial charge on any atom is -0.389 e. The van der Waals surface area contributed by atoms with Crippen molar-refractivity contribution in [2.24, 2.45) is 0 Å². The first-order valence-corrected chi connectivity index (χ1v) is 10.1. The summed E-state index contributed by atoms with van der Waals surface area (Å²) in [5.74, 6) is -0.416. The molecule has 0 unspecified atom stereocenters. The fourth-order valence-electron chi connectivity index (χ4n) is 3.32. The van der Waals surface area contributed by atoms with E-state index in [1.807, 2.05) is 5.38 Å². The van der Waals surface area contributed by atoms with Crippen LogP contribution in [0.5, 0.6) is 0 Å². The Bertz CT molecular complexity index is 1050. The molecule has 0 aliphatic carbocycles. The molecular weight excluding hydrogens is 419 g/mol. The molecule has 1 aliphatic heterocycles. The Morgan fingerprint density at radius 1 is 1.33 bits per heavy atom. The van der Waals surface area contributed by atoms with Gasteiger partial charge in [-0.25, -0.2) is 4.98 Å². The smallest absolute Gasteiger partial charge is 0.389 e. The molecule has 3 aromatic heterocycles. The zero-order valence-corrected chi connectivity index (χ0v) is 16.5. The summed E-state index contributed by atoms with van der Waals surface area (Å²) in [5, 5.41) is 14.6. The maximum Gasteiger partial charge on any atom is 0.433 e. The van der Waals surface area contributed by atoms with E-state index >= 15 is 0 Å².